The fourth-order valence-corrected chi connectivity index (χ4v) is 1.58. The molecule has 1 heterocycles. The van der Waals surface area contributed by atoms with Crippen molar-refractivity contribution in [1.29, 1.82) is 0 Å². The molecule has 0 radical (unpaired) electrons. The molecule has 0 atom stereocenters. The summed E-state index contributed by atoms with van der Waals surface area (Å²) in [6.45, 7) is 0. The number of nitrogens with one attached hydrogen (secondary N) is 1. The summed E-state index contributed by atoms with van der Waals surface area (Å²) in [5.41, 5.74) is 6.42. The van der Waals surface area contributed by atoms with Crippen molar-refractivity contribution in [2.24, 2.45) is 0 Å². The van der Waals surface area contributed by atoms with Crippen molar-refractivity contribution in [3.05, 3.63) is 46.1 Å². The van der Waals surface area contributed by atoms with Crippen LogP contribution in [0.2, 0.25) is 0 Å². The Morgan fingerprint density at radius 2 is 2.00 bits per heavy atom. The van der Waals surface area contributed by atoms with Crippen LogP contribution in [-0.4, -0.2) is 27.8 Å². The first kappa shape index (κ1) is 13.4. The van der Waals surface area contributed by atoms with Gasteiger partial charge in [0.2, 0.25) is 0 Å². The average molecular weight is 273 g/mol. The molecule has 8 nitrogen and oxygen atoms in total. The van der Waals surface area contributed by atoms with Crippen molar-refractivity contribution in [1.82, 2.24) is 15.3 Å². The Labute approximate surface area is 113 Å². The monoisotopic (exact) mass is 273 g/mol. The second kappa shape index (κ2) is 5.31. The molecule has 2 rings (SSSR count). The molecule has 0 aliphatic carbocycles. The molecule has 0 aliphatic heterocycles. The summed E-state index contributed by atoms with van der Waals surface area (Å²) in [5, 5.41) is 13.0. The normalized spacial score (nSPS) is 10.1. The highest BCUT2D eigenvalue weighted by molar-refractivity contribution is 5.98. The third kappa shape index (κ3) is 2.53. The average Bonchev–Trinajstić information content (AvgIpc) is 2.46. The minimum Gasteiger partial charge on any atom is -0.383 e. The Hall–Kier alpha value is -3.03. The Balaban J connectivity index is 2.36. The number of benzene rings is 1. The van der Waals surface area contributed by atoms with Gasteiger partial charge in [-0.3, -0.25) is 14.9 Å². The van der Waals surface area contributed by atoms with E-state index >= 15 is 0 Å². The van der Waals surface area contributed by atoms with Crippen LogP contribution in [0.1, 0.15) is 10.4 Å². The fourth-order valence-electron chi connectivity index (χ4n) is 1.58. The van der Waals surface area contributed by atoms with E-state index in [9.17, 15) is 14.9 Å². The highest BCUT2D eigenvalue weighted by Crippen LogP contribution is 2.20. The van der Waals surface area contributed by atoms with E-state index in [2.05, 4.69) is 15.3 Å². The van der Waals surface area contributed by atoms with Gasteiger partial charge < -0.3 is 11.1 Å². The molecule has 0 spiro atoms. The number of aromatic nitrogens is 2. The second-order valence-corrected chi connectivity index (χ2v) is 3.88. The van der Waals surface area contributed by atoms with Gasteiger partial charge in [-0.15, -0.1) is 0 Å². The molecule has 102 valence electrons. The quantitative estimate of drug-likeness (QED) is 0.634. The number of nitro groups is 1. The molecule has 0 bridgehead atoms. The number of nitrogens with two attached hydrogens (primary N) is 1. The van der Waals surface area contributed by atoms with E-state index in [0.717, 1.165) is 0 Å². The van der Waals surface area contributed by atoms with Gasteiger partial charge in [0, 0.05) is 30.9 Å². The van der Waals surface area contributed by atoms with Crippen LogP contribution in [0, 0.1) is 10.1 Å². The maximum Gasteiger partial charge on any atom is 0.269 e. The number of nitrogen functional groups attached to an aromatic ring is 1. The van der Waals surface area contributed by atoms with E-state index in [1.807, 2.05) is 0 Å². The minimum absolute atomic E-state index is 0.0243. The van der Waals surface area contributed by atoms with Crippen LogP contribution in [0.5, 0.6) is 0 Å². The molecule has 1 amide bonds. The Kier molecular flexibility index (Phi) is 3.56. The van der Waals surface area contributed by atoms with Crippen molar-refractivity contribution in [3.63, 3.8) is 0 Å². The zero-order chi connectivity index (χ0) is 14.7. The van der Waals surface area contributed by atoms with Gasteiger partial charge in [0.1, 0.15) is 5.82 Å². The van der Waals surface area contributed by atoms with Crippen LogP contribution < -0.4 is 11.1 Å². The van der Waals surface area contributed by atoms with Crippen molar-refractivity contribution in [2.75, 3.05) is 12.8 Å². The van der Waals surface area contributed by atoms with Crippen molar-refractivity contribution >= 4 is 17.4 Å². The zero-order valence-electron chi connectivity index (χ0n) is 10.5. The summed E-state index contributed by atoms with van der Waals surface area (Å²) in [6.07, 6.45) is 1.32. The van der Waals surface area contributed by atoms with Crippen LogP contribution in [0.25, 0.3) is 11.4 Å². The van der Waals surface area contributed by atoms with Gasteiger partial charge >= 0.3 is 0 Å². The Morgan fingerprint density at radius 3 is 2.50 bits per heavy atom. The van der Waals surface area contributed by atoms with E-state index in [0.29, 0.717) is 11.4 Å². The molecule has 0 fully saturated rings. The van der Waals surface area contributed by atoms with E-state index < -0.39 is 4.92 Å². The van der Waals surface area contributed by atoms with Gasteiger partial charge in [-0.1, -0.05) is 0 Å². The number of hydrogen-bond donors (Lipinski definition) is 2. The predicted octanol–water partition coefficient (Wildman–Crippen LogP) is 0.994. The molecular weight excluding hydrogens is 262 g/mol. The standard InChI is InChI=1S/C12H11N5O3/c1-14-12(18)9-6-15-11(16-10(9)13)7-2-4-8(5-3-7)17(19)20/h2-6H,1H3,(H,14,18)(H2,13,15,16). The van der Waals surface area contributed by atoms with E-state index in [-0.39, 0.29) is 23.0 Å². The fraction of sp³-hybridized carbons (Fsp3) is 0.0833. The van der Waals surface area contributed by atoms with E-state index in [4.69, 9.17) is 5.73 Å². The molecule has 2 aromatic rings. The molecular formula is C12H11N5O3. The number of rotatable bonds is 3. The van der Waals surface area contributed by atoms with Crippen LogP contribution >= 0.6 is 0 Å². The Bertz CT molecular complexity index is 669. The number of nitro benzene ring substituents is 1. The van der Waals surface area contributed by atoms with E-state index in [1.54, 1.807) is 0 Å². The maximum absolute atomic E-state index is 11.5. The number of carbonyl (C=O) groups is 1. The molecule has 0 unspecified atom stereocenters. The number of amides is 1. The summed E-state index contributed by atoms with van der Waals surface area (Å²) in [7, 11) is 1.48. The minimum atomic E-state index is -0.492. The lowest BCUT2D eigenvalue weighted by Crippen LogP contribution is -2.20. The van der Waals surface area contributed by atoms with Crippen LogP contribution in [0.15, 0.2) is 30.5 Å². The lowest BCUT2D eigenvalue weighted by atomic mass is 10.2. The smallest absolute Gasteiger partial charge is 0.269 e. The number of anilines is 1. The zero-order valence-corrected chi connectivity index (χ0v) is 10.5. The lowest BCUT2D eigenvalue weighted by molar-refractivity contribution is -0.384. The largest absolute Gasteiger partial charge is 0.383 e. The Morgan fingerprint density at radius 1 is 1.35 bits per heavy atom. The maximum atomic E-state index is 11.5. The molecule has 0 saturated carbocycles. The first-order valence-electron chi connectivity index (χ1n) is 5.62. The SMILES string of the molecule is CNC(=O)c1cnc(-c2ccc([N+](=O)[O-])cc2)nc1N. The molecule has 3 N–H and O–H groups in total. The highest BCUT2D eigenvalue weighted by Gasteiger charge is 2.12. The van der Waals surface area contributed by atoms with Gasteiger partial charge in [-0.05, 0) is 12.1 Å². The molecule has 0 saturated heterocycles. The first-order valence-corrected chi connectivity index (χ1v) is 5.62. The summed E-state index contributed by atoms with van der Waals surface area (Å²) < 4.78 is 0. The third-order valence-electron chi connectivity index (χ3n) is 2.63. The van der Waals surface area contributed by atoms with Gasteiger partial charge in [0.25, 0.3) is 11.6 Å². The second-order valence-electron chi connectivity index (χ2n) is 3.88. The third-order valence-corrected chi connectivity index (χ3v) is 2.63. The van der Waals surface area contributed by atoms with E-state index in [1.165, 1.54) is 37.5 Å². The lowest BCUT2D eigenvalue weighted by Gasteiger charge is -2.05. The molecule has 1 aromatic carbocycles. The molecule has 8 heteroatoms. The van der Waals surface area contributed by atoms with Gasteiger partial charge in [-0.2, -0.15) is 0 Å². The highest BCUT2D eigenvalue weighted by atomic mass is 16.6. The predicted molar refractivity (Wildman–Crippen MR) is 71.9 cm³/mol. The number of carbonyl (C=O) groups excluding carboxylic acids is 1. The van der Waals surface area contributed by atoms with Gasteiger partial charge in [0.15, 0.2) is 5.82 Å². The molecule has 0 aliphatic rings. The summed E-state index contributed by atoms with van der Waals surface area (Å²) in [5.74, 6) is -0.0319. The summed E-state index contributed by atoms with van der Waals surface area (Å²) in [4.78, 5) is 29.6. The van der Waals surface area contributed by atoms with Crippen LogP contribution in [-0.2, 0) is 0 Å². The first-order chi connectivity index (χ1) is 9.52. The van der Waals surface area contributed by atoms with Gasteiger partial charge in [0.05, 0.1) is 10.5 Å². The van der Waals surface area contributed by atoms with Gasteiger partial charge in [-0.25, -0.2) is 9.97 Å². The summed E-state index contributed by atoms with van der Waals surface area (Å²) in [6, 6.07) is 5.74. The molecule has 20 heavy (non-hydrogen) atoms. The van der Waals surface area contributed by atoms with Crippen molar-refractivity contribution < 1.29 is 9.72 Å². The number of hydrogen-bond acceptors (Lipinski definition) is 6. The van der Waals surface area contributed by atoms with Crippen LogP contribution in [0.4, 0.5) is 11.5 Å². The van der Waals surface area contributed by atoms with Crippen molar-refractivity contribution in [3.8, 4) is 11.4 Å². The summed E-state index contributed by atoms with van der Waals surface area (Å²) >= 11 is 0. The van der Waals surface area contributed by atoms with Crippen molar-refractivity contribution in [2.45, 2.75) is 0 Å². The number of non-ortho nitro benzene ring substituents is 1. The van der Waals surface area contributed by atoms with Crippen LogP contribution in [0.3, 0.4) is 0 Å². The topological polar surface area (TPSA) is 124 Å². The number of nitrogens with zero attached hydrogens (tertiary/aromatic N) is 3. The molecule has 1 aromatic heterocycles.